The highest BCUT2D eigenvalue weighted by molar-refractivity contribution is 5.76. The fourth-order valence-electron chi connectivity index (χ4n) is 0.945. The largest absolute Gasteiger partial charge is 0.457 e. The van der Waals surface area contributed by atoms with Crippen molar-refractivity contribution in [3.63, 3.8) is 0 Å². The van der Waals surface area contributed by atoms with Crippen LogP contribution >= 0.6 is 0 Å². The molecule has 0 aromatic heterocycles. The van der Waals surface area contributed by atoms with Gasteiger partial charge < -0.3 is 20.1 Å². The van der Waals surface area contributed by atoms with E-state index in [1.807, 2.05) is 0 Å². The van der Waals surface area contributed by atoms with E-state index in [4.69, 9.17) is 15.3 Å². The van der Waals surface area contributed by atoms with Gasteiger partial charge in [0, 0.05) is 6.42 Å². The number of cyclic esters (lactones) is 1. The van der Waals surface area contributed by atoms with Crippen LogP contribution in [0.15, 0.2) is 0 Å². The van der Waals surface area contributed by atoms with E-state index in [9.17, 15) is 4.79 Å². The Hall–Kier alpha value is -0.650. The minimum absolute atomic E-state index is 0.0561. The van der Waals surface area contributed by atoms with Crippen LogP contribution in [0, 0.1) is 0 Å². The van der Waals surface area contributed by atoms with E-state index >= 15 is 0 Å². The summed E-state index contributed by atoms with van der Waals surface area (Å²) >= 11 is 0. The van der Waals surface area contributed by atoms with E-state index in [0.717, 1.165) is 0 Å². The molecule has 0 amide bonds. The van der Waals surface area contributed by atoms with Crippen molar-refractivity contribution in [1.82, 2.24) is 0 Å². The Morgan fingerprint density at radius 1 is 1.73 bits per heavy atom. The number of hydrogen-bond donors (Lipinski definition) is 3. The molecule has 1 unspecified atom stereocenters. The van der Waals surface area contributed by atoms with Crippen LogP contribution in [0.1, 0.15) is 6.42 Å². The molecule has 3 atom stereocenters. The lowest BCUT2D eigenvalue weighted by Gasteiger charge is -2.12. The van der Waals surface area contributed by atoms with Crippen LogP contribution in [0.3, 0.4) is 0 Å². The van der Waals surface area contributed by atoms with Crippen molar-refractivity contribution >= 4 is 5.97 Å². The molecule has 0 aliphatic carbocycles. The van der Waals surface area contributed by atoms with Gasteiger partial charge in [0.25, 0.3) is 0 Å². The quantitative estimate of drug-likeness (QED) is 0.409. The Bertz CT molecular complexity index is 157. The average molecular weight is 162 g/mol. The van der Waals surface area contributed by atoms with Crippen molar-refractivity contribution in [1.29, 1.82) is 0 Å². The third-order valence-electron chi connectivity index (χ3n) is 1.61. The summed E-state index contributed by atoms with van der Waals surface area (Å²) in [6, 6.07) is 0. The molecule has 0 bridgehead atoms. The predicted octanol–water partition coefficient (Wildman–Crippen LogP) is -1.98. The molecule has 0 aromatic rings. The summed E-state index contributed by atoms with van der Waals surface area (Å²) < 4.78 is 4.53. The van der Waals surface area contributed by atoms with E-state index in [-0.39, 0.29) is 6.42 Å². The number of aliphatic hydroxyl groups is 3. The van der Waals surface area contributed by atoms with Crippen molar-refractivity contribution in [3.05, 3.63) is 0 Å². The van der Waals surface area contributed by atoms with Gasteiger partial charge in [0.15, 0.2) is 6.10 Å². The maximum atomic E-state index is 10.5. The van der Waals surface area contributed by atoms with Gasteiger partial charge in [-0.15, -0.1) is 0 Å². The van der Waals surface area contributed by atoms with E-state index in [2.05, 4.69) is 4.74 Å². The van der Waals surface area contributed by atoms with Crippen LogP contribution in [0.5, 0.6) is 0 Å². The molecular formula is C6H10O5. The molecule has 5 heteroatoms. The molecule has 1 fully saturated rings. The maximum Gasteiger partial charge on any atom is 0.335 e. The van der Waals surface area contributed by atoms with Crippen molar-refractivity contribution in [3.8, 4) is 0 Å². The number of carbonyl (C=O) groups excluding carboxylic acids is 1. The molecular weight excluding hydrogens is 152 g/mol. The first-order valence-corrected chi connectivity index (χ1v) is 3.32. The Morgan fingerprint density at radius 2 is 2.36 bits per heavy atom. The second kappa shape index (κ2) is 3.17. The summed E-state index contributed by atoms with van der Waals surface area (Å²) in [4.78, 5) is 10.5. The fraction of sp³-hybridized carbons (Fsp3) is 0.833. The number of ether oxygens (including phenoxy) is 1. The highest BCUT2D eigenvalue weighted by Gasteiger charge is 2.36. The maximum absolute atomic E-state index is 10.5. The van der Waals surface area contributed by atoms with Gasteiger partial charge in [-0.2, -0.15) is 0 Å². The van der Waals surface area contributed by atoms with Crippen LogP contribution in [0.2, 0.25) is 0 Å². The van der Waals surface area contributed by atoms with Crippen molar-refractivity contribution < 1.29 is 24.9 Å². The van der Waals surface area contributed by atoms with Crippen LogP contribution in [-0.2, 0) is 9.53 Å². The monoisotopic (exact) mass is 162 g/mol. The van der Waals surface area contributed by atoms with Crippen LogP contribution in [-0.4, -0.2) is 46.2 Å². The Morgan fingerprint density at radius 3 is 2.73 bits per heavy atom. The number of carbonyl (C=O) groups is 1. The lowest BCUT2D eigenvalue weighted by molar-refractivity contribution is -0.151. The minimum atomic E-state index is -1.15. The molecule has 0 spiro atoms. The lowest BCUT2D eigenvalue weighted by atomic mass is 10.1. The second-order valence-corrected chi connectivity index (χ2v) is 2.48. The van der Waals surface area contributed by atoms with Crippen LogP contribution in [0.4, 0.5) is 0 Å². The Balaban J connectivity index is 2.46. The minimum Gasteiger partial charge on any atom is -0.457 e. The van der Waals surface area contributed by atoms with E-state index in [0.29, 0.717) is 0 Å². The van der Waals surface area contributed by atoms with Gasteiger partial charge >= 0.3 is 5.97 Å². The first kappa shape index (κ1) is 8.45. The molecule has 0 saturated carbocycles. The summed E-state index contributed by atoms with van der Waals surface area (Å²) in [6.07, 6.45) is -2.94. The van der Waals surface area contributed by atoms with Crippen molar-refractivity contribution in [2.75, 3.05) is 6.61 Å². The first-order valence-electron chi connectivity index (χ1n) is 3.32. The van der Waals surface area contributed by atoms with Gasteiger partial charge in [0.2, 0.25) is 0 Å². The SMILES string of the molecule is O=C1O[C@H](C(O)CO)C[C@@H]1O. The second-order valence-electron chi connectivity index (χ2n) is 2.48. The van der Waals surface area contributed by atoms with E-state index < -0.39 is 30.9 Å². The highest BCUT2D eigenvalue weighted by atomic mass is 16.6. The van der Waals surface area contributed by atoms with E-state index in [1.165, 1.54) is 0 Å². The first-order chi connectivity index (χ1) is 5.15. The fourth-order valence-corrected chi connectivity index (χ4v) is 0.945. The molecule has 1 heterocycles. The Labute approximate surface area is 63.2 Å². The summed E-state index contributed by atoms with van der Waals surface area (Å²) in [5.74, 6) is -0.734. The zero-order valence-electron chi connectivity index (χ0n) is 5.80. The third kappa shape index (κ3) is 1.68. The van der Waals surface area contributed by atoms with Crippen molar-refractivity contribution in [2.45, 2.75) is 24.7 Å². The topological polar surface area (TPSA) is 87.0 Å². The summed E-state index contributed by atoms with van der Waals surface area (Å²) in [7, 11) is 0. The van der Waals surface area contributed by atoms with Crippen LogP contribution < -0.4 is 0 Å². The summed E-state index contributed by atoms with van der Waals surface area (Å²) in [5.41, 5.74) is 0. The predicted molar refractivity (Wildman–Crippen MR) is 33.6 cm³/mol. The number of hydrogen-bond acceptors (Lipinski definition) is 5. The molecule has 3 N–H and O–H groups in total. The van der Waals surface area contributed by atoms with Crippen molar-refractivity contribution in [2.24, 2.45) is 0 Å². The molecule has 11 heavy (non-hydrogen) atoms. The van der Waals surface area contributed by atoms with E-state index in [1.54, 1.807) is 0 Å². The van der Waals surface area contributed by atoms with Gasteiger partial charge in [-0.3, -0.25) is 0 Å². The standard InChI is InChI=1S/C6H10O5/c7-2-4(9)5-1-3(8)6(10)11-5/h3-5,7-9H,1-2H2/t3-,4?,5-/m0/s1. The zero-order valence-corrected chi connectivity index (χ0v) is 5.80. The van der Waals surface area contributed by atoms with Gasteiger partial charge in [-0.05, 0) is 0 Å². The number of rotatable bonds is 2. The van der Waals surface area contributed by atoms with Crippen LogP contribution in [0.25, 0.3) is 0 Å². The molecule has 1 saturated heterocycles. The summed E-state index contributed by atoms with van der Waals surface area (Å²) in [5, 5.41) is 26.2. The normalized spacial score (nSPS) is 33.5. The molecule has 1 aliphatic heterocycles. The molecule has 64 valence electrons. The Kier molecular flexibility index (Phi) is 2.43. The zero-order chi connectivity index (χ0) is 8.43. The highest BCUT2D eigenvalue weighted by Crippen LogP contribution is 2.17. The molecule has 0 aromatic carbocycles. The average Bonchev–Trinajstić information content (AvgIpc) is 2.31. The van der Waals surface area contributed by atoms with Gasteiger partial charge in [-0.1, -0.05) is 0 Å². The summed E-state index contributed by atoms with van der Waals surface area (Å²) in [6.45, 7) is -0.468. The molecule has 1 aliphatic rings. The number of esters is 1. The molecule has 0 radical (unpaired) electrons. The number of aliphatic hydroxyl groups excluding tert-OH is 3. The van der Waals surface area contributed by atoms with Gasteiger partial charge in [-0.25, -0.2) is 4.79 Å². The third-order valence-corrected chi connectivity index (χ3v) is 1.61. The molecule has 1 rings (SSSR count). The van der Waals surface area contributed by atoms with Gasteiger partial charge in [0.1, 0.15) is 12.2 Å². The smallest absolute Gasteiger partial charge is 0.335 e. The van der Waals surface area contributed by atoms with Gasteiger partial charge in [0.05, 0.1) is 6.61 Å². The molecule has 5 nitrogen and oxygen atoms in total. The lowest BCUT2D eigenvalue weighted by Crippen LogP contribution is -2.29.